The minimum absolute atomic E-state index is 0.00874. The number of H-pyrrole nitrogens is 1. The van der Waals surface area contributed by atoms with E-state index in [0.717, 1.165) is 6.07 Å². The molecule has 1 atom stereocenters. The fraction of sp³-hybridized carbons (Fsp3) is 0.174. The van der Waals surface area contributed by atoms with Crippen molar-refractivity contribution < 1.29 is 29.0 Å². The Bertz CT molecular complexity index is 1280. The van der Waals surface area contributed by atoms with Gasteiger partial charge in [0.1, 0.15) is 11.5 Å². The highest BCUT2D eigenvalue weighted by atomic mass is 35.5. The number of nitrogens with one attached hydrogen (secondary N) is 2. The number of aromatic nitrogens is 1. The van der Waals surface area contributed by atoms with Crippen LogP contribution in [0.15, 0.2) is 48.5 Å². The molecule has 1 amide bonds. The van der Waals surface area contributed by atoms with Crippen molar-refractivity contribution in [1.82, 2.24) is 10.3 Å². The van der Waals surface area contributed by atoms with Crippen molar-refractivity contribution in [2.75, 3.05) is 0 Å². The van der Waals surface area contributed by atoms with Gasteiger partial charge in [-0.2, -0.15) is 0 Å². The van der Waals surface area contributed by atoms with Crippen molar-refractivity contribution in [2.45, 2.75) is 25.0 Å². The number of rotatable bonds is 5. The van der Waals surface area contributed by atoms with Crippen LogP contribution in [0.4, 0.5) is 4.39 Å². The molecule has 164 valence electrons. The molecule has 4 N–H and O–H groups in total. The summed E-state index contributed by atoms with van der Waals surface area (Å²) in [6.45, 7) is -0.113. The summed E-state index contributed by atoms with van der Waals surface area (Å²) < 4.78 is 13.5. The Hall–Kier alpha value is -3.49. The van der Waals surface area contributed by atoms with Gasteiger partial charge in [-0.25, -0.2) is 9.18 Å². The third kappa shape index (κ3) is 4.02. The fourth-order valence-electron chi connectivity index (χ4n) is 3.78. The molecule has 1 heterocycles. The Kier molecular flexibility index (Phi) is 5.58. The van der Waals surface area contributed by atoms with Crippen molar-refractivity contribution in [3.05, 3.63) is 76.2 Å². The van der Waals surface area contributed by atoms with Crippen LogP contribution in [0.2, 0.25) is 5.02 Å². The summed E-state index contributed by atoms with van der Waals surface area (Å²) in [5, 5.41) is 23.3. The molecule has 0 saturated carbocycles. The highest BCUT2D eigenvalue weighted by molar-refractivity contribution is 6.32. The standard InChI is InChI=1S/C23H18ClFN2O5/c24-15-6-12(7-16(25)10-15)11-26-22(31)23(32)5-1-2-17(20(23)28)13-3-4-18-14(8-13)9-19(27-18)21(29)30/h2-4,6-10,27,32H,1,5,11H2,(H,26,31)(H,29,30)/t23-/m0/s1. The van der Waals surface area contributed by atoms with Crippen LogP contribution in [0.5, 0.6) is 0 Å². The van der Waals surface area contributed by atoms with E-state index in [1.54, 1.807) is 24.3 Å². The molecule has 0 bridgehead atoms. The van der Waals surface area contributed by atoms with Gasteiger partial charge in [-0.15, -0.1) is 0 Å². The third-order valence-electron chi connectivity index (χ3n) is 5.39. The fourth-order valence-corrected chi connectivity index (χ4v) is 4.02. The Balaban J connectivity index is 1.56. The number of halogens is 2. The molecule has 1 aliphatic carbocycles. The summed E-state index contributed by atoms with van der Waals surface area (Å²) in [7, 11) is 0. The van der Waals surface area contributed by atoms with Gasteiger partial charge in [-0.1, -0.05) is 23.7 Å². The zero-order chi connectivity index (χ0) is 23.0. The number of aromatic carboxylic acids is 1. The molecule has 7 nitrogen and oxygen atoms in total. The van der Waals surface area contributed by atoms with Crippen LogP contribution in [0.25, 0.3) is 16.5 Å². The van der Waals surface area contributed by atoms with Gasteiger partial charge in [0.2, 0.25) is 11.4 Å². The smallest absolute Gasteiger partial charge is 0.352 e. The first-order chi connectivity index (χ1) is 15.2. The summed E-state index contributed by atoms with van der Waals surface area (Å²) in [6.07, 6.45) is 1.82. The quantitative estimate of drug-likeness (QED) is 0.438. The van der Waals surface area contributed by atoms with E-state index in [-0.39, 0.29) is 35.7 Å². The van der Waals surface area contributed by atoms with Crippen molar-refractivity contribution in [2.24, 2.45) is 0 Å². The largest absolute Gasteiger partial charge is 0.477 e. The second-order valence-electron chi connectivity index (χ2n) is 7.60. The lowest BCUT2D eigenvalue weighted by Gasteiger charge is -2.29. The Morgan fingerprint density at radius 1 is 1.19 bits per heavy atom. The number of carboxylic acid groups (broad SMARTS) is 1. The Morgan fingerprint density at radius 2 is 1.97 bits per heavy atom. The van der Waals surface area contributed by atoms with Gasteiger partial charge >= 0.3 is 5.97 Å². The lowest BCUT2D eigenvalue weighted by atomic mass is 9.80. The van der Waals surface area contributed by atoms with Gasteiger partial charge in [0.15, 0.2) is 0 Å². The molecule has 0 spiro atoms. The van der Waals surface area contributed by atoms with E-state index in [9.17, 15) is 23.9 Å². The minimum Gasteiger partial charge on any atom is -0.477 e. The Morgan fingerprint density at radius 3 is 2.69 bits per heavy atom. The number of benzene rings is 2. The predicted molar refractivity (Wildman–Crippen MR) is 116 cm³/mol. The van der Waals surface area contributed by atoms with Gasteiger partial charge in [0, 0.05) is 28.0 Å². The van der Waals surface area contributed by atoms with Crippen molar-refractivity contribution in [3.63, 3.8) is 0 Å². The minimum atomic E-state index is -2.28. The molecule has 0 fully saturated rings. The van der Waals surface area contributed by atoms with Gasteiger partial charge in [0.05, 0.1) is 0 Å². The Labute approximate surface area is 186 Å². The van der Waals surface area contributed by atoms with Crippen molar-refractivity contribution in [3.8, 4) is 0 Å². The molecule has 1 aromatic heterocycles. The maximum atomic E-state index is 13.5. The second kappa shape index (κ2) is 8.22. The normalized spacial score (nSPS) is 18.5. The van der Waals surface area contributed by atoms with Crippen LogP contribution in [-0.2, 0) is 16.1 Å². The number of amides is 1. The number of carbonyl (C=O) groups is 3. The van der Waals surface area contributed by atoms with E-state index < -0.39 is 29.1 Å². The van der Waals surface area contributed by atoms with Gasteiger partial charge in [0.25, 0.3) is 5.91 Å². The monoisotopic (exact) mass is 456 g/mol. The highest BCUT2D eigenvalue weighted by Gasteiger charge is 2.46. The van der Waals surface area contributed by atoms with Crippen LogP contribution < -0.4 is 5.32 Å². The SMILES string of the molecule is O=C(O)c1cc2cc(C3=CCC[C@@](O)(C(=O)NCc4cc(F)cc(Cl)c4)C3=O)ccc2[nH]1. The molecular weight excluding hydrogens is 439 g/mol. The number of carbonyl (C=O) groups excluding carboxylic acids is 2. The first-order valence-electron chi connectivity index (χ1n) is 9.74. The average Bonchev–Trinajstić information content (AvgIpc) is 3.17. The van der Waals surface area contributed by atoms with Crippen LogP contribution in [-0.4, -0.2) is 38.5 Å². The number of fused-ring (bicyclic) bond motifs is 1. The van der Waals surface area contributed by atoms with Crippen molar-refractivity contribution >= 4 is 45.7 Å². The zero-order valence-electron chi connectivity index (χ0n) is 16.6. The number of hydrogen-bond donors (Lipinski definition) is 4. The molecule has 4 rings (SSSR count). The zero-order valence-corrected chi connectivity index (χ0v) is 17.4. The predicted octanol–water partition coefficient (Wildman–Crippen LogP) is 3.45. The molecule has 2 aromatic carbocycles. The van der Waals surface area contributed by atoms with Crippen LogP contribution in [0.1, 0.15) is 34.5 Å². The lowest BCUT2D eigenvalue weighted by molar-refractivity contribution is -0.150. The second-order valence-corrected chi connectivity index (χ2v) is 8.03. The molecule has 9 heteroatoms. The van der Waals surface area contributed by atoms with Crippen LogP contribution in [0, 0.1) is 5.82 Å². The molecule has 0 aliphatic heterocycles. The molecule has 0 radical (unpaired) electrons. The van der Waals surface area contributed by atoms with Gasteiger partial charge in [-0.05, 0) is 60.4 Å². The molecule has 0 unspecified atom stereocenters. The number of carboxylic acids is 1. The first-order valence-corrected chi connectivity index (χ1v) is 10.1. The lowest BCUT2D eigenvalue weighted by Crippen LogP contribution is -2.53. The van der Waals surface area contributed by atoms with Crippen LogP contribution >= 0.6 is 11.6 Å². The first kappa shape index (κ1) is 21.7. The maximum Gasteiger partial charge on any atom is 0.352 e. The molecular formula is C23H18ClFN2O5. The molecule has 3 aromatic rings. The number of hydrogen-bond acceptors (Lipinski definition) is 4. The number of aromatic amines is 1. The molecule has 32 heavy (non-hydrogen) atoms. The number of allylic oxidation sites excluding steroid dienone is 1. The van der Waals surface area contributed by atoms with E-state index in [1.165, 1.54) is 18.2 Å². The van der Waals surface area contributed by atoms with E-state index in [0.29, 0.717) is 22.0 Å². The van der Waals surface area contributed by atoms with E-state index in [4.69, 9.17) is 16.7 Å². The van der Waals surface area contributed by atoms with E-state index in [1.807, 2.05) is 0 Å². The summed E-state index contributed by atoms with van der Waals surface area (Å²) in [5.41, 5.74) is -0.672. The topological polar surface area (TPSA) is 119 Å². The van der Waals surface area contributed by atoms with Gasteiger partial charge < -0.3 is 20.5 Å². The van der Waals surface area contributed by atoms with E-state index >= 15 is 0 Å². The summed E-state index contributed by atoms with van der Waals surface area (Å²) in [5.74, 6) is -3.32. The number of Topliss-reactive ketones (excluding diaryl/α,β-unsaturated/α-hetero) is 1. The average molecular weight is 457 g/mol. The number of aliphatic hydroxyl groups is 1. The van der Waals surface area contributed by atoms with E-state index in [2.05, 4.69) is 10.3 Å². The molecule has 1 aliphatic rings. The van der Waals surface area contributed by atoms with Gasteiger partial charge in [-0.3, -0.25) is 9.59 Å². The molecule has 0 saturated heterocycles. The summed E-state index contributed by atoms with van der Waals surface area (Å²) >= 11 is 5.81. The maximum absolute atomic E-state index is 13.5. The van der Waals surface area contributed by atoms with Crippen molar-refractivity contribution in [1.29, 1.82) is 0 Å². The number of ketones is 1. The summed E-state index contributed by atoms with van der Waals surface area (Å²) in [6, 6.07) is 10.1. The van der Waals surface area contributed by atoms with Crippen LogP contribution in [0.3, 0.4) is 0 Å². The summed E-state index contributed by atoms with van der Waals surface area (Å²) in [4.78, 5) is 39.8. The third-order valence-corrected chi connectivity index (χ3v) is 5.61. The highest BCUT2D eigenvalue weighted by Crippen LogP contribution is 2.32.